The number of hydrogen-bond donors (Lipinski definition) is 0. The summed E-state index contributed by atoms with van der Waals surface area (Å²) in [5.74, 6) is 1.43. The minimum atomic E-state index is 0.110. The number of ketones is 1. The number of methoxy groups -OCH3 is 1. The molecule has 1 aliphatic rings. The van der Waals surface area contributed by atoms with Crippen LogP contribution in [-0.2, 0) is 4.74 Å². The zero-order valence-electron chi connectivity index (χ0n) is 9.19. The number of benzene rings is 1. The molecule has 16 heavy (non-hydrogen) atoms. The Morgan fingerprint density at radius 3 is 3.06 bits per heavy atom. The molecule has 2 rings (SSSR count). The van der Waals surface area contributed by atoms with Crippen molar-refractivity contribution < 1.29 is 19.0 Å². The van der Waals surface area contributed by atoms with Gasteiger partial charge in [-0.05, 0) is 18.2 Å². The van der Waals surface area contributed by atoms with E-state index in [9.17, 15) is 4.79 Å². The molecule has 0 fully saturated rings. The van der Waals surface area contributed by atoms with Gasteiger partial charge in [0.2, 0.25) is 0 Å². The summed E-state index contributed by atoms with van der Waals surface area (Å²) in [6.07, 6.45) is 0.439. The van der Waals surface area contributed by atoms with Crippen LogP contribution in [0.2, 0.25) is 0 Å². The molecule has 1 heterocycles. The molecule has 0 aromatic heterocycles. The average Bonchev–Trinajstić information content (AvgIpc) is 2.30. The van der Waals surface area contributed by atoms with E-state index in [1.807, 2.05) is 0 Å². The number of Topliss-reactive ketones (excluding diaryl/α,β-unsaturated/α-hetero) is 1. The first-order valence-corrected chi connectivity index (χ1v) is 5.23. The molecule has 0 unspecified atom stereocenters. The predicted octanol–water partition coefficient (Wildman–Crippen LogP) is 1.68. The molecule has 0 atom stereocenters. The lowest BCUT2D eigenvalue weighted by Gasteiger charge is -2.17. The molecule has 0 spiro atoms. The first-order valence-electron chi connectivity index (χ1n) is 5.23. The van der Waals surface area contributed by atoms with E-state index in [0.29, 0.717) is 43.3 Å². The Balaban J connectivity index is 2.11. The van der Waals surface area contributed by atoms with E-state index in [0.717, 1.165) is 0 Å². The summed E-state index contributed by atoms with van der Waals surface area (Å²) in [4.78, 5) is 11.6. The average molecular weight is 222 g/mol. The van der Waals surface area contributed by atoms with Gasteiger partial charge in [-0.1, -0.05) is 0 Å². The summed E-state index contributed by atoms with van der Waals surface area (Å²) in [5, 5.41) is 0. The van der Waals surface area contributed by atoms with Crippen molar-refractivity contribution in [2.75, 3.05) is 26.9 Å². The van der Waals surface area contributed by atoms with Crippen molar-refractivity contribution in [1.29, 1.82) is 0 Å². The highest BCUT2D eigenvalue weighted by molar-refractivity contribution is 5.99. The molecule has 0 amide bonds. The van der Waals surface area contributed by atoms with Crippen molar-refractivity contribution in [1.82, 2.24) is 0 Å². The van der Waals surface area contributed by atoms with Crippen LogP contribution in [0, 0.1) is 0 Å². The van der Waals surface area contributed by atoms with Crippen LogP contribution >= 0.6 is 0 Å². The zero-order valence-corrected chi connectivity index (χ0v) is 9.19. The highest BCUT2D eigenvalue weighted by Gasteiger charge is 2.18. The fourth-order valence-corrected chi connectivity index (χ4v) is 1.57. The van der Waals surface area contributed by atoms with Crippen LogP contribution in [-0.4, -0.2) is 32.7 Å². The summed E-state index contributed by atoms with van der Waals surface area (Å²) in [5.41, 5.74) is 0.612. The van der Waals surface area contributed by atoms with Gasteiger partial charge in [0, 0.05) is 13.5 Å². The number of carbonyl (C=O) groups is 1. The van der Waals surface area contributed by atoms with E-state index in [1.54, 1.807) is 25.3 Å². The second-order valence-electron chi connectivity index (χ2n) is 3.52. The molecule has 0 bridgehead atoms. The zero-order chi connectivity index (χ0) is 11.4. The molecule has 0 radical (unpaired) electrons. The number of fused-ring (bicyclic) bond motifs is 1. The van der Waals surface area contributed by atoms with Crippen molar-refractivity contribution >= 4 is 5.78 Å². The molecule has 0 aliphatic carbocycles. The van der Waals surface area contributed by atoms with E-state index in [1.165, 1.54) is 0 Å². The summed E-state index contributed by atoms with van der Waals surface area (Å²) in [6, 6.07) is 5.30. The fraction of sp³-hybridized carbons (Fsp3) is 0.417. The Labute approximate surface area is 94.1 Å². The maximum atomic E-state index is 11.6. The minimum Gasteiger partial charge on any atom is -0.492 e. The maximum absolute atomic E-state index is 11.6. The smallest absolute Gasteiger partial charge is 0.170 e. The molecular weight excluding hydrogens is 208 g/mol. The van der Waals surface area contributed by atoms with Crippen molar-refractivity contribution in [2.24, 2.45) is 0 Å². The number of carbonyl (C=O) groups excluding carboxylic acids is 1. The number of hydrogen-bond acceptors (Lipinski definition) is 4. The molecule has 4 nitrogen and oxygen atoms in total. The fourth-order valence-electron chi connectivity index (χ4n) is 1.57. The molecule has 0 N–H and O–H groups in total. The molecular formula is C12H14O4. The van der Waals surface area contributed by atoms with Crippen LogP contribution in [0.4, 0.5) is 0 Å². The second-order valence-corrected chi connectivity index (χ2v) is 3.52. The largest absolute Gasteiger partial charge is 0.492 e. The van der Waals surface area contributed by atoms with E-state index in [4.69, 9.17) is 14.2 Å². The summed E-state index contributed by atoms with van der Waals surface area (Å²) in [6.45, 7) is 1.47. The highest BCUT2D eigenvalue weighted by atomic mass is 16.5. The van der Waals surface area contributed by atoms with E-state index in [2.05, 4.69) is 0 Å². The van der Waals surface area contributed by atoms with Crippen molar-refractivity contribution in [3.05, 3.63) is 23.8 Å². The predicted molar refractivity (Wildman–Crippen MR) is 58.3 cm³/mol. The van der Waals surface area contributed by atoms with Gasteiger partial charge in [0.1, 0.15) is 18.1 Å². The van der Waals surface area contributed by atoms with Gasteiger partial charge in [0.15, 0.2) is 5.78 Å². The topological polar surface area (TPSA) is 44.8 Å². The van der Waals surface area contributed by atoms with Gasteiger partial charge >= 0.3 is 0 Å². The third-order valence-corrected chi connectivity index (χ3v) is 2.39. The molecule has 1 aromatic carbocycles. The van der Waals surface area contributed by atoms with Gasteiger partial charge in [0.05, 0.1) is 18.8 Å². The first-order chi connectivity index (χ1) is 7.81. The van der Waals surface area contributed by atoms with Gasteiger partial charge in [-0.3, -0.25) is 4.79 Å². The first kappa shape index (κ1) is 11.0. The normalized spacial score (nSPS) is 14.2. The molecule has 1 aromatic rings. The lowest BCUT2D eigenvalue weighted by molar-refractivity contribution is 0.0932. The van der Waals surface area contributed by atoms with Gasteiger partial charge in [-0.2, -0.15) is 0 Å². The molecule has 1 aliphatic heterocycles. The van der Waals surface area contributed by atoms with Gasteiger partial charge in [-0.25, -0.2) is 0 Å². The van der Waals surface area contributed by atoms with Crippen LogP contribution < -0.4 is 9.47 Å². The monoisotopic (exact) mass is 222 g/mol. The third-order valence-electron chi connectivity index (χ3n) is 2.39. The summed E-state index contributed by atoms with van der Waals surface area (Å²) >= 11 is 0. The highest BCUT2D eigenvalue weighted by Crippen LogP contribution is 2.28. The molecule has 0 saturated heterocycles. The molecule has 4 heteroatoms. The van der Waals surface area contributed by atoms with E-state index >= 15 is 0 Å². The van der Waals surface area contributed by atoms with Crippen molar-refractivity contribution in [3.8, 4) is 11.5 Å². The second kappa shape index (κ2) is 4.99. The van der Waals surface area contributed by atoms with Crippen LogP contribution in [0.3, 0.4) is 0 Å². The lowest BCUT2D eigenvalue weighted by Crippen LogP contribution is -2.15. The van der Waals surface area contributed by atoms with Crippen molar-refractivity contribution in [2.45, 2.75) is 6.42 Å². The minimum absolute atomic E-state index is 0.110. The SMILES string of the molecule is COCCOc1ccc2c(c1)C(=O)CCO2. The molecule has 0 saturated carbocycles. The Morgan fingerprint density at radius 1 is 1.38 bits per heavy atom. The standard InChI is InChI=1S/C12H14O4/c1-14-6-7-15-9-2-3-12-10(8-9)11(13)4-5-16-12/h2-3,8H,4-7H2,1H3. The van der Waals surface area contributed by atoms with Crippen LogP contribution in [0.1, 0.15) is 16.8 Å². The summed E-state index contributed by atoms with van der Waals surface area (Å²) < 4.78 is 15.7. The maximum Gasteiger partial charge on any atom is 0.170 e. The quantitative estimate of drug-likeness (QED) is 0.727. The third kappa shape index (κ3) is 2.33. The lowest BCUT2D eigenvalue weighted by atomic mass is 10.1. The van der Waals surface area contributed by atoms with Crippen LogP contribution in [0.5, 0.6) is 11.5 Å². The van der Waals surface area contributed by atoms with Crippen LogP contribution in [0.25, 0.3) is 0 Å². The van der Waals surface area contributed by atoms with Gasteiger partial charge in [-0.15, -0.1) is 0 Å². The van der Waals surface area contributed by atoms with Crippen LogP contribution in [0.15, 0.2) is 18.2 Å². The Kier molecular flexibility index (Phi) is 3.41. The Hall–Kier alpha value is -1.55. The van der Waals surface area contributed by atoms with E-state index < -0.39 is 0 Å². The molecule has 86 valence electrons. The number of rotatable bonds is 4. The summed E-state index contributed by atoms with van der Waals surface area (Å²) in [7, 11) is 1.62. The Morgan fingerprint density at radius 2 is 2.25 bits per heavy atom. The van der Waals surface area contributed by atoms with Crippen molar-refractivity contribution in [3.63, 3.8) is 0 Å². The number of ether oxygens (including phenoxy) is 3. The van der Waals surface area contributed by atoms with Gasteiger partial charge < -0.3 is 14.2 Å². The van der Waals surface area contributed by atoms with E-state index in [-0.39, 0.29) is 5.78 Å². The van der Waals surface area contributed by atoms with Gasteiger partial charge in [0.25, 0.3) is 0 Å². The Bertz CT molecular complexity index is 387.